The van der Waals surface area contributed by atoms with Gasteiger partial charge in [-0.05, 0) is 45.2 Å². The second kappa shape index (κ2) is 6.43. The first-order chi connectivity index (χ1) is 9.10. The molecule has 2 rings (SSSR count). The maximum Gasteiger partial charge on any atom is 0.243 e. The molecule has 1 amide bonds. The SMILES string of the molecule is CCc1nnc(NC(=O)[C@@H](C)N2CCC(C)CC2)s1. The van der Waals surface area contributed by atoms with Gasteiger partial charge in [0.1, 0.15) is 5.01 Å². The zero-order valence-electron chi connectivity index (χ0n) is 11.8. The number of rotatable bonds is 4. The average Bonchev–Trinajstić information content (AvgIpc) is 2.86. The third-order valence-electron chi connectivity index (χ3n) is 3.74. The molecule has 1 fully saturated rings. The van der Waals surface area contributed by atoms with Crippen LogP contribution < -0.4 is 5.32 Å². The van der Waals surface area contributed by atoms with Gasteiger partial charge in [0.25, 0.3) is 0 Å². The Morgan fingerprint density at radius 3 is 2.74 bits per heavy atom. The molecule has 1 aromatic heterocycles. The van der Waals surface area contributed by atoms with E-state index in [0.29, 0.717) is 5.13 Å². The molecule has 0 bridgehead atoms. The molecule has 1 saturated heterocycles. The fourth-order valence-corrected chi connectivity index (χ4v) is 2.92. The van der Waals surface area contributed by atoms with E-state index in [4.69, 9.17) is 0 Å². The molecule has 1 aliphatic rings. The number of carbonyl (C=O) groups excluding carboxylic acids is 1. The molecule has 1 atom stereocenters. The summed E-state index contributed by atoms with van der Waals surface area (Å²) in [5, 5.41) is 12.4. The van der Waals surface area contributed by atoms with Gasteiger partial charge in [-0.25, -0.2) is 0 Å². The van der Waals surface area contributed by atoms with Crippen LogP contribution in [-0.4, -0.2) is 40.1 Å². The number of nitrogens with zero attached hydrogens (tertiary/aromatic N) is 3. The zero-order valence-corrected chi connectivity index (χ0v) is 12.7. The lowest BCUT2D eigenvalue weighted by Crippen LogP contribution is -2.45. The third-order valence-corrected chi connectivity index (χ3v) is 4.73. The Hall–Kier alpha value is -1.01. The summed E-state index contributed by atoms with van der Waals surface area (Å²) in [5.74, 6) is 0.801. The van der Waals surface area contributed by atoms with E-state index in [0.717, 1.165) is 30.4 Å². The van der Waals surface area contributed by atoms with Crippen molar-refractivity contribution in [1.82, 2.24) is 15.1 Å². The molecule has 0 aromatic carbocycles. The van der Waals surface area contributed by atoms with Crippen molar-refractivity contribution < 1.29 is 4.79 Å². The second-order valence-electron chi connectivity index (χ2n) is 5.24. The number of hydrogen-bond donors (Lipinski definition) is 1. The predicted molar refractivity (Wildman–Crippen MR) is 77.3 cm³/mol. The van der Waals surface area contributed by atoms with Crippen LogP contribution in [0.1, 0.15) is 38.6 Å². The molecule has 1 aromatic rings. The number of carbonyl (C=O) groups is 1. The standard InChI is InChI=1S/C13H22N4OS/c1-4-11-15-16-13(19-11)14-12(18)10(3)17-7-5-9(2)6-8-17/h9-10H,4-8H2,1-3H3,(H,14,16,18)/t10-/m1/s1. The van der Waals surface area contributed by atoms with Crippen molar-refractivity contribution in [3.63, 3.8) is 0 Å². The van der Waals surface area contributed by atoms with E-state index in [1.54, 1.807) is 0 Å². The number of aryl methyl sites for hydroxylation is 1. The summed E-state index contributed by atoms with van der Waals surface area (Å²) < 4.78 is 0. The molecule has 0 radical (unpaired) electrons. The van der Waals surface area contributed by atoms with Crippen LogP contribution in [0.3, 0.4) is 0 Å². The largest absolute Gasteiger partial charge is 0.299 e. The molecule has 5 nitrogen and oxygen atoms in total. The topological polar surface area (TPSA) is 58.1 Å². The molecule has 0 spiro atoms. The molecular formula is C13H22N4OS. The van der Waals surface area contributed by atoms with Crippen molar-refractivity contribution in [2.75, 3.05) is 18.4 Å². The van der Waals surface area contributed by atoms with Crippen LogP contribution in [0.15, 0.2) is 0 Å². The first-order valence-corrected chi connectivity index (χ1v) is 7.79. The highest BCUT2D eigenvalue weighted by Crippen LogP contribution is 2.20. The first kappa shape index (κ1) is 14.4. The number of aromatic nitrogens is 2. The van der Waals surface area contributed by atoms with Crippen molar-refractivity contribution >= 4 is 22.4 Å². The zero-order chi connectivity index (χ0) is 13.8. The van der Waals surface area contributed by atoms with Crippen molar-refractivity contribution in [2.45, 2.75) is 46.1 Å². The van der Waals surface area contributed by atoms with Crippen molar-refractivity contribution in [3.8, 4) is 0 Å². The third kappa shape index (κ3) is 3.73. The van der Waals surface area contributed by atoms with Gasteiger partial charge in [0, 0.05) is 0 Å². The van der Waals surface area contributed by atoms with Crippen molar-refractivity contribution in [2.24, 2.45) is 5.92 Å². The number of piperidine rings is 1. The molecule has 106 valence electrons. The predicted octanol–water partition coefficient (Wildman–Crippen LogP) is 2.16. The monoisotopic (exact) mass is 282 g/mol. The number of nitrogens with one attached hydrogen (secondary N) is 1. The maximum absolute atomic E-state index is 12.2. The van der Waals surface area contributed by atoms with Crippen LogP contribution in [0.2, 0.25) is 0 Å². The first-order valence-electron chi connectivity index (χ1n) is 6.97. The van der Waals surface area contributed by atoms with E-state index < -0.39 is 0 Å². The molecule has 0 unspecified atom stereocenters. The van der Waals surface area contributed by atoms with Gasteiger partial charge in [-0.3, -0.25) is 15.0 Å². The van der Waals surface area contributed by atoms with E-state index >= 15 is 0 Å². The smallest absolute Gasteiger partial charge is 0.243 e. The molecule has 2 heterocycles. The van der Waals surface area contributed by atoms with Gasteiger partial charge in [0.05, 0.1) is 6.04 Å². The normalized spacial score (nSPS) is 19.3. The molecule has 1 N–H and O–H groups in total. The summed E-state index contributed by atoms with van der Waals surface area (Å²) in [6.45, 7) is 8.28. The summed E-state index contributed by atoms with van der Waals surface area (Å²) in [6, 6.07) is -0.0959. The van der Waals surface area contributed by atoms with E-state index in [1.165, 1.54) is 24.2 Å². The Bertz CT molecular complexity index is 426. The van der Waals surface area contributed by atoms with Crippen LogP contribution in [-0.2, 0) is 11.2 Å². The molecule has 1 aliphatic heterocycles. The second-order valence-corrected chi connectivity index (χ2v) is 6.30. The highest BCUT2D eigenvalue weighted by atomic mass is 32.1. The van der Waals surface area contributed by atoms with Crippen molar-refractivity contribution in [1.29, 1.82) is 0 Å². The van der Waals surface area contributed by atoms with Gasteiger partial charge in [-0.15, -0.1) is 10.2 Å². The lowest BCUT2D eigenvalue weighted by molar-refractivity contribution is -0.121. The van der Waals surface area contributed by atoms with Gasteiger partial charge in [0.2, 0.25) is 11.0 Å². The summed E-state index contributed by atoms with van der Waals surface area (Å²) in [6.07, 6.45) is 3.21. The van der Waals surface area contributed by atoms with Gasteiger partial charge in [-0.1, -0.05) is 25.2 Å². The number of anilines is 1. The van der Waals surface area contributed by atoms with Crippen LogP contribution in [0.5, 0.6) is 0 Å². The molecule has 0 saturated carbocycles. The van der Waals surface area contributed by atoms with Crippen LogP contribution in [0.4, 0.5) is 5.13 Å². The minimum atomic E-state index is -0.0959. The lowest BCUT2D eigenvalue weighted by atomic mass is 9.98. The molecular weight excluding hydrogens is 260 g/mol. The highest BCUT2D eigenvalue weighted by molar-refractivity contribution is 7.15. The number of likely N-dealkylation sites (tertiary alicyclic amines) is 1. The fourth-order valence-electron chi connectivity index (χ4n) is 2.24. The minimum Gasteiger partial charge on any atom is -0.299 e. The maximum atomic E-state index is 12.2. The van der Waals surface area contributed by atoms with Gasteiger partial charge in [-0.2, -0.15) is 0 Å². The lowest BCUT2D eigenvalue weighted by Gasteiger charge is -2.33. The van der Waals surface area contributed by atoms with Crippen molar-refractivity contribution in [3.05, 3.63) is 5.01 Å². The Balaban J connectivity index is 1.88. The van der Waals surface area contributed by atoms with Crippen LogP contribution in [0.25, 0.3) is 0 Å². The van der Waals surface area contributed by atoms with E-state index in [2.05, 4.69) is 27.3 Å². The summed E-state index contributed by atoms with van der Waals surface area (Å²) >= 11 is 1.45. The van der Waals surface area contributed by atoms with Gasteiger partial charge in [0.15, 0.2) is 0 Å². The summed E-state index contributed by atoms with van der Waals surface area (Å²) in [7, 11) is 0. The van der Waals surface area contributed by atoms with Gasteiger partial charge < -0.3 is 0 Å². The number of hydrogen-bond acceptors (Lipinski definition) is 5. The van der Waals surface area contributed by atoms with Crippen LogP contribution in [0, 0.1) is 5.92 Å². The molecule has 6 heteroatoms. The summed E-state index contributed by atoms with van der Waals surface area (Å²) in [4.78, 5) is 14.4. The minimum absolute atomic E-state index is 0.0216. The van der Waals surface area contributed by atoms with E-state index in [9.17, 15) is 4.79 Å². The molecule has 19 heavy (non-hydrogen) atoms. The summed E-state index contributed by atoms with van der Waals surface area (Å²) in [5.41, 5.74) is 0. The average molecular weight is 282 g/mol. The van der Waals surface area contributed by atoms with E-state index in [1.807, 2.05) is 13.8 Å². The molecule has 0 aliphatic carbocycles. The Labute approximate surface area is 118 Å². The highest BCUT2D eigenvalue weighted by Gasteiger charge is 2.25. The Morgan fingerprint density at radius 2 is 2.16 bits per heavy atom. The number of amides is 1. The Kier molecular flexibility index (Phi) is 4.87. The quantitative estimate of drug-likeness (QED) is 0.919. The Morgan fingerprint density at radius 1 is 1.47 bits per heavy atom. The van der Waals surface area contributed by atoms with Crippen LogP contribution >= 0.6 is 11.3 Å². The fraction of sp³-hybridized carbons (Fsp3) is 0.769. The van der Waals surface area contributed by atoms with Gasteiger partial charge >= 0.3 is 0 Å². The van der Waals surface area contributed by atoms with E-state index in [-0.39, 0.29) is 11.9 Å².